The van der Waals surface area contributed by atoms with Gasteiger partial charge in [0.1, 0.15) is 0 Å². The number of anilines is 1. The zero-order valence-corrected chi connectivity index (χ0v) is 16.6. The number of rotatable bonds is 5. The molecule has 0 spiro atoms. The van der Waals surface area contributed by atoms with Crippen LogP contribution in [0, 0.1) is 0 Å². The van der Waals surface area contributed by atoms with Gasteiger partial charge in [-0.2, -0.15) is 13.2 Å². The number of para-hydroxylation sites is 1. The number of alkyl halides is 3. The molecule has 1 aromatic heterocycles. The van der Waals surface area contributed by atoms with Crippen molar-refractivity contribution in [3.05, 3.63) is 66.1 Å². The Labute approximate surface area is 177 Å². The van der Waals surface area contributed by atoms with Gasteiger partial charge in [-0.1, -0.05) is 43.2 Å². The molecule has 1 N–H and O–H groups in total. The van der Waals surface area contributed by atoms with Crippen molar-refractivity contribution in [1.82, 2.24) is 15.5 Å². The first-order chi connectivity index (χ1) is 14.9. The largest absolute Gasteiger partial charge is 0.470 e. The van der Waals surface area contributed by atoms with E-state index in [1.165, 1.54) is 0 Å². The third-order valence-corrected chi connectivity index (χ3v) is 5.20. The molecular formula is C22H21F3N4O2. The van der Waals surface area contributed by atoms with E-state index >= 15 is 0 Å². The molecule has 9 heteroatoms. The zero-order valence-electron chi connectivity index (χ0n) is 16.6. The lowest BCUT2D eigenvalue weighted by molar-refractivity contribution is -0.156. The molecule has 0 radical (unpaired) electrons. The van der Waals surface area contributed by atoms with Crippen molar-refractivity contribution in [3.63, 3.8) is 0 Å². The van der Waals surface area contributed by atoms with Gasteiger partial charge in [-0.3, -0.25) is 4.90 Å². The van der Waals surface area contributed by atoms with Crippen LogP contribution in [0.4, 0.5) is 23.7 Å². The molecule has 2 aromatic carbocycles. The highest BCUT2D eigenvalue weighted by atomic mass is 19.4. The Morgan fingerprint density at radius 1 is 1.03 bits per heavy atom. The van der Waals surface area contributed by atoms with Crippen LogP contribution in [0.25, 0.3) is 11.5 Å². The predicted octanol–water partition coefficient (Wildman–Crippen LogP) is 5.41. The van der Waals surface area contributed by atoms with Crippen LogP contribution in [-0.4, -0.2) is 22.3 Å². The van der Waals surface area contributed by atoms with Crippen LogP contribution < -0.4 is 10.2 Å². The lowest BCUT2D eigenvalue weighted by Crippen LogP contribution is -2.43. The van der Waals surface area contributed by atoms with Crippen molar-refractivity contribution in [2.75, 3.05) is 4.90 Å². The summed E-state index contributed by atoms with van der Waals surface area (Å²) in [4.78, 5) is 14.6. The molecule has 1 fully saturated rings. The number of carbonyl (C=O) groups is 1. The van der Waals surface area contributed by atoms with Gasteiger partial charge >= 0.3 is 18.1 Å². The highest BCUT2D eigenvalue weighted by molar-refractivity contribution is 5.92. The minimum atomic E-state index is -4.69. The first-order valence-corrected chi connectivity index (χ1v) is 10.0. The predicted molar refractivity (Wildman–Crippen MR) is 108 cm³/mol. The number of carbonyl (C=O) groups excluding carboxylic acids is 1. The molecule has 6 nitrogen and oxygen atoms in total. The molecule has 0 saturated heterocycles. The molecule has 3 aromatic rings. The third kappa shape index (κ3) is 5.04. The number of halogens is 3. The maximum atomic E-state index is 13.0. The molecule has 0 bridgehead atoms. The van der Waals surface area contributed by atoms with Crippen molar-refractivity contribution in [1.29, 1.82) is 0 Å². The number of aromatic nitrogens is 2. The maximum Gasteiger partial charge on any atom is 0.470 e. The van der Waals surface area contributed by atoms with E-state index in [0.29, 0.717) is 12.1 Å². The summed E-state index contributed by atoms with van der Waals surface area (Å²) in [6.45, 7) is 0.306. The summed E-state index contributed by atoms with van der Waals surface area (Å²) < 4.78 is 42.7. The van der Waals surface area contributed by atoms with Gasteiger partial charge in [-0.15, -0.1) is 10.2 Å². The number of benzene rings is 2. The van der Waals surface area contributed by atoms with Crippen LogP contribution >= 0.6 is 0 Å². The number of urea groups is 1. The quantitative estimate of drug-likeness (QED) is 0.587. The first kappa shape index (κ1) is 20.9. The van der Waals surface area contributed by atoms with Gasteiger partial charge in [0.15, 0.2) is 0 Å². The monoisotopic (exact) mass is 430 g/mol. The summed E-state index contributed by atoms with van der Waals surface area (Å²) in [6.07, 6.45) is -0.499. The van der Waals surface area contributed by atoms with Gasteiger partial charge in [0.2, 0.25) is 5.89 Å². The molecule has 1 heterocycles. The Kier molecular flexibility index (Phi) is 5.92. The molecule has 2 amide bonds. The molecule has 0 atom stereocenters. The second-order valence-corrected chi connectivity index (χ2v) is 7.46. The molecule has 0 unspecified atom stereocenters. The minimum absolute atomic E-state index is 0.172. The smallest absolute Gasteiger partial charge is 0.413 e. The number of hydrogen-bond donors (Lipinski definition) is 1. The highest BCUT2D eigenvalue weighted by Crippen LogP contribution is 2.30. The number of nitrogens with zero attached hydrogens (tertiary/aromatic N) is 3. The first-order valence-electron chi connectivity index (χ1n) is 10.0. The summed E-state index contributed by atoms with van der Waals surface area (Å²) in [5.41, 5.74) is 1.94. The SMILES string of the molecule is O=C(NC1CCCC1)N(Cc1ccc(-c2nnc(C(F)(F)F)o2)cc1)c1ccccc1. The van der Waals surface area contributed by atoms with Crippen molar-refractivity contribution in [3.8, 4) is 11.5 Å². The summed E-state index contributed by atoms with van der Waals surface area (Å²) in [7, 11) is 0. The Bertz CT molecular complexity index is 1010. The Balaban J connectivity index is 1.51. The van der Waals surface area contributed by atoms with E-state index in [-0.39, 0.29) is 18.0 Å². The normalized spacial score (nSPS) is 14.5. The maximum absolute atomic E-state index is 13.0. The molecule has 1 saturated carbocycles. The van der Waals surface area contributed by atoms with E-state index < -0.39 is 12.1 Å². The lowest BCUT2D eigenvalue weighted by Gasteiger charge is -2.25. The molecule has 4 rings (SSSR count). The average molecular weight is 430 g/mol. The molecule has 0 aliphatic heterocycles. The number of hydrogen-bond acceptors (Lipinski definition) is 4. The summed E-state index contributed by atoms with van der Waals surface area (Å²) >= 11 is 0. The molecular weight excluding hydrogens is 409 g/mol. The van der Waals surface area contributed by atoms with E-state index in [9.17, 15) is 18.0 Å². The zero-order chi connectivity index (χ0) is 21.8. The second-order valence-electron chi connectivity index (χ2n) is 7.46. The van der Waals surface area contributed by atoms with Crippen LogP contribution in [0.1, 0.15) is 37.1 Å². The van der Waals surface area contributed by atoms with Crippen LogP contribution in [-0.2, 0) is 12.7 Å². The van der Waals surface area contributed by atoms with Gasteiger partial charge in [0.05, 0.1) is 6.54 Å². The van der Waals surface area contributed by atoms with Crippen molar-refractivity contribution in [2.45, 2.75) is 44.4 Å². The lowest BCUT2D eigenvalue weighted by atomic mass is 10.1. The summed E-state index contributed by atoms with van der Waals surface area (Å²) in [5.74, 6) is -1.59. The Hall–Kier alpha value is -3.36. The van der Waals surface area contributed by atoms with Crippen molar-refractivity contribution >= 4 is 11.7 Å². The fraction of sp³-hybridized carbons (Fsp3) is 0.318. The summed E-state index contributed by atoms with van der Waals surface area (Å²) in [6, 6.07) is 16.0. The summed E-state index contributed by atoms with van der Waals surface area (Å²) in [5, 5.41) is 9.61. The van der Waals surface area contributed by atoms with E-state index in [2.05, 4.69) is 15.5 Å². The molecule has 162 valence electrons. The van der Waals surface area contributed by atoms with Gasteiger partial charge in [-0.25, -0.2) is 4.79 Å². The van der Waals surface area contributed by atoms with Crippen LogP contribution in [0.15, 0.2) is 59.0 Å². The van der Waals surface area contributed by atoms with Crippen molar-refractivity contribution in [2.24, 2.45) is 0 Å². The average Bonchev–Trinajstić information content (AvgIpc) is 3.45. The second kappa shape index (κ2) is 8.79. The van der Waals surface area contributed by atoms with E-state index in [4.69, 9.17) is 4.42 Å². The molecule has 1 aliphatic carbocycles. The third-order valence-electron chi connectivity index (χ3n) is 5.20. The number of amides is 2. The Morgan fingerprint density at radius 3 is 2.32 bits per heavy atom. The van der Waals surface area contributed by atoms with E-state index in [1.54, 1.807) is 29.2 Å². The van der Waals surface area contributed by atoms with Gasteiger partial charge in [0, 0.05) is 17.3 Å². The van der Waals surface area contributed by atoms with Gasteiger partial charge in [-0.05, 0) is 42.7 Å². The van der Waals surface area contributed by atoms with E-state index in [1.807, 2.05) is 30.3 Å². The standard InChI is InChI=1S/C22H21F3N4O2/c23-22(24,25)20-28-27-19(31-20)16-12-10-15(11-13-16)14-29(18-8-2-1-3-9-18)21(30)26-17-6-4-5-7-17/h1-3,8-13,17H,4-7,14H2,(H,26,30). The highest BCUT2D eigenvalue weighted by Gasteiger charge is 2.38. The fourth-order valence-electron chi connectivity index (χ4n) is 3.60. The van der Waals surface area contributed by atoms with E-state index in [0.717, 1.165) is 36.9 Å². The molecule has 1 aliphatic rings. The topological polar surface area (TPSA) is 71.3 Å². The van der Waals surface area contributed by atoms with Crippen molar-refractivity contribution < 1.29 is 22.4 Å². The van der Waals surface area contributed by atoms with Gasteiger partial charge in [0.25, 0.3) is 0 Å². The minimum Gasteiger partial charge on any atom is -0.413 e. The fourth-order valence-corrected chi connectivity index (χ4v) is 3.60. The number of nitrogens with one attached hydrogen (secondary N) is 1. The molecule has 31 heavy (non-hydrogen) atoms. The Morgan fingerprint density at radius 2 is 1.71 bits per heavy atom. The van der Waals surface area contributed by atoms with Gasteiger partial charge < -0.3 is 9.73 Å². The van der Waals surface area contributed by atoms with Crippen LogP contribution in [0.3, 0.4) is 0 Å². The van der Waals surface area contributed by atoms with Crippen LogP contribution in [0.2, 0.25) is 0 Å². The van der Waals surface area contributed by atoms with Crippen LogP contribution in [0.5, 0.6) is 0 Å².